The summed E-state index contributed by atoms with van der Waals surface area (Å²) >= 11 is 0. The van der Waals surface area contributed by atoms with Crippen molar-refractivity contribution in [2.45, 2.75) is 152 Å². The first-order chi connectivity index (χ1) is 38.2. The van der Waals surface area contributed by atoms with Gasteiger partial charge in [0.15, 0.2) is 0 Å². The summed E-state index contributed by atoms with van der Waals surface area (Å²) < 4.78 is 0. The fourth-order valence-electron chi connectivity index (χ4n) is 11.0. The Hall–Kier alpha value is -7.30. The van der Waals surface area contributed by atoms with Crippen molar-refractivity contribution in [1.82, 2.24) is 19.9 Å². The molecule has 11 aromatic rings. The van der Waals surface area contributed by atoms with Gasteiger partial charge in [-0.15, -0.1) is 0 Å². The number of rotatable bonds is 2. The van der Waals surface area contributed by atoms with Crippen LogP contribution >= 0.6 is 0 Å². The summed E-state index contributed by atoms with van der Waals surface area (Å²) in [6.45, 7) is 21.4. The van der Waals surface area contributed by atoms with Gasteiger partial charge in [0.1, 0.15) is 0 Å². The Kier molecular flexibility index (Phi) is 23.1. The van der Waals surface area contributed by atoms with Gasteiger partial charge in [0.2, 0.25) is 0 Å². The fourth-order valence-corrected chi connectivity index (χ4v) is 11.0. The van der Waals surface area contributed by atoms with Gasteiger partial charge in [-0.05, 0) is 192 Å². The van der Waals surface area contributed by atoms with Crippen LogP contribution in [0, 0.1) is 67.2 Å². The molecule has 7 aromatic carbocycles. The number of fused-ring (bicyclic) bond motifs is 4. The topological polar surface area (TPSA) is 63.2 Å². The zero-order valence-corrected chi connectivity index (χ0v) is 49.6. The Morgan fingerprint density at radius 3 is 0.962 bits per heavy atom. The van der Waals surface area contributed by atoms with Gasteiger partial charge in [-0.3, -0.25) is 0 Å². The van der Waals surface area contributed by atoms with Gasteiger partial charge in [-0.2, -0.15) is 0 Å². The molecule has 0 bridgehead atoms. The van der Waals surface area contributed by atoms with Crippen molar-refractivity contribution in [3.05, 3.63) is 239 Å². The summed E-state index contributed by atoms with van der Waals surface area (Å²) in [6.07, 6.45) is 17.5. The third-order valence-electron chi connectivity index (χ3n) is 15.5. The maximum atomic E-state index is 3.38. The van der Waals surface area contributed by atoms with E-state index in [9.17, 15) is 0 Å². The lowest BCUT2D eigenvalue weighted by molar-refractivity contribution is 0.612. The molecule has 4 N–H and O–H groups in total. The third-order valence-corrected chi connectivity index (χ3v) is 15.5. The monoisotopic (exact) mass is 1050 g/mol. The average Bonchev–Trinajstić information content (AvgIpc) is 4.35. The highest BCUT2D eigenvalue weighted by Crippen LogP contribution is 2.35. The molecule has 0 radical (unpaired) electrons. The second-order valence-electron chi connectivity index (χ2n) is 23.1. The Morgan fingerprint density at radius 2 is 0.608 bits per heavy atom. The normalized spacial score (nSPS) is 13.9. The molecule has 79 heavy (non-hydrogen) atoms. The largest absolute Gasteiger partial charge is 0.359 e. The molecule has 3 aliphatic carbocycles. The highest BCUT2D eigenvalue weighted by Gasteiger charge is 2.17. The maximum Gasteiger partial charge on any atom is 0.0456 e. The molecule has 0 spiro atoms. The number of nitrogens with one attached hydrogen (secondary N) is 4. The van der Waals surface area contributed by atoms with E-state index in [0.29, 0.717) is 0 Å². The first-order valence-corrected chi connectivity index (χ1v) is 29.6. The summed E-state index contributed by atoms with van der Waals surface area (Å²) in [5.74, 6) is 2.92. The smallest absolute Gasteiger partial charge is 0.0456 e. The Bertz CT molecular complexity index is 3330. The second kappa shape index (κ2) is 30.7. The Labute approximate surface area is 474 Å². The highest BCUT2D eigenvalue weighted by molar-refractivity contribution is 5.86. The van der Waals surface area contributed by atoms with E-state index >= 15 is 0 Å². The minimum atomic E-state index is 0.824. The number of H-pyrrole nitrogens is 4. The van der Waals surface area contributed by atoms with Crippen molar-refractivity contribution in [2.75, 3.05) is 0 Å². The molecule has 3 saturated carbocycles. The molecule has 412 valence electrons. The lowest BCUT2D eigenvalue weighted by Gasteiger charge is -2.08. The lowest BCUT2D eigenvalue weighted by Crippen LogP contribution is -1.90. The SMILES string of the molecule is CC1CCCC1.CC1CCCC1.Cc1cc2cc(-c3ccccc3)ccc2[nH]1.Cc1cc2cc(C3CCCC3)ccc2[nH]1.Cc1ccc2[nH]c(C)cc2c1.Cc1ccc2[nH]c(C)cc2c1.Cc1ccccc1.Cc1ccccc1. The summed E-state index contributed by atoms with van der Waals surface area (Å²) in [6, 6.07) is 66.1. The van der Waals surface area contributed by atoms with Crippen molar-refractivity contribution in [2.24, 2.45) is 11.8 Å². The predicted molar refractivity (Wildman–Crippen MR) is 346 cm³/mol. The number of hydrogen-bond acceptors (Lipinski definition) is 0. The van der Waals surface area contributed by atoms with Gasteiger partial charge < -0.3 is 19.9 Å². The van der Waals surface area contributed by atoms with Gasteiger partial charge >= 0.3 is 0 Å². The molecule has 4 nitrogen and oxygen atoms in total. The molecule has 14 rings (SSSR count). The molecule has 0 unspecified atom stereocenters. The summed E-state index contributed by atoms with van der Waals surface area (Å²) in [5, 5.41) is 5.26. The van der Waals surface area contributed by atoms with Crippen LogP contribution in [0.1, 0.15) is 147 Å². The van der Waals surface area contributed by atoms with Crippen LogP contribution in [-0.2, 0) is 0 Å². The molecule has 3 fully saturated rings. The van der Waals surface area contributed by atoms with E-state index in [0.717, 1.165) is 17.8 Å². The summed E-state index contributed by atoms with van der Waals surface area (Å²) in [5.41, 5.74) is 19.2. The third kappa shape index (κ3) is 19.8. The lowest BCUT2D eigenvalue weighted by atomic mass is 9.97. The molecule has 3 aliphatic rings. The van der Waals surface area contributed by atoms with Crippen LogP contribution in [0.15, 0.2) is 188 Å². The van der Waals surface area contributed by atoms with E-state index in [1.165, 1.54) is 177 Å². The van der Waals surface area contributed by atoms with Gasteiger partial charge in [0, 0.05) is 50.2 Å². The van der Waals surface area contributed by atoms with Crippen molar-refractivity contribution < 1.29 is 0 Å². The first-order valence-electron chi connectivity index (χ1n) is 29.6. The van der Waals surface area contributed by atoms with Crippen LogP contribution in [0.25, 0.3) is 54.7 Å². The Morgan fingerprint density at radius 1 is 0.278 bits per heavy atom. The van der Waals surface area contributed by atoms with E-state index in [1.54, 1.807) is 5.56 Å². The molecule has 4 aromatic heterocycles. The van der Waals surface area contributed by atoms with Crippen LogP contribution in [0.5, 0.6) is 0 Å². The first kappa shape index (κ1) is 59.4. The second-order valence-corrected chi connectivity index (χ2v) is 23.1. The number of aryl methyl sites for hydroxylation is 8. The summed E-state index contributed by atoms with van der Waals surface area (Å²) in [7, 11) is 0. The van der Waals surface area contributed by atoms with Gasteiger partial charge in [-0.25, -0.2) is 0 Å². The minimum Gasteiger partial charge on any atom is -0.359 e. The van der Waals surface area contributed by atoms with E-state index < -0.39 is 0 Å². The van der Waals surface area contributed by atoms with Crippen LogP contribution in [-0.4, -0.2) is 19.9 Å². The van der Waals surface area contributed by atoms with Crippen molar-refractivity contribution >= 4 is 43.6 Å². The molecule has 0 amide bonds. The van der Waals surface area contributed by atoms with Crippen molar-refractivity contribution in [1.29, 1.82) is 0 Å². The van der Waals surface area contributed by atoms with Crippen molar-refractivity contribution in [3.63, 3.8) is 0 Å². The Balaban J connectivity index is 0.000000134. The number of hydrogen-bond donors (Lipinski definition) is 4. The van der Waals surface area contributed by atoms with E-state index in [2.05, 4.69) is 235 Å². The minimum absolute atomic E-state index is 0.824. The van der Waals surface area contributed by atoms with Gasteiger partial charge in [-0.1, -0.05) is 216 Å². The van der Waals surface area contributed by atoms with Crippen molar-refractivity contribution in [3.8, 4) is 11.1 Å². The van der Waals surface area contributed by atoms with E-state index in [4.69, 9.17) is 0 Å². The molecule has 4 heterocycles. The predicted octanol–water partition coefficient (Wildman–Crippen LogP) is 22.2. The standard InChI is InChI=1S/C15H13N.C14H17N.2C10H11N.2C7H8.2C6H12/c1-11-9-14-10-13(7-8-15(14)16-11)12-5-3-2-4-6-12;1-10-8-13-9-12(6-7-14(13)15-10)11-4-2-3-5-11;2*1-7-3-4-10-9(5-7)6-8(2)11-10;2*1-7-5-3-2-4-6-7;2*1-6-4-2-3-5-6/h2-10,16H,1H3;6-9,11,15H,2-5H2,1H3;2*3-6,11H,1-2H3;2*2-6H,1H3;2*6H,2-5H2,1H3. The molecular weight excluding hydrogens is 957 g/mol. The fraction of sp³-hybridized carbons (Fsp3) is 0.333. The van der Waals surface area contributed by atoms with Crippen LogP contribution in [0.3, 0.4) is 0 Å². The molecule has 4 heteroatoms. The number of aromatic nitrogens is 4. The average molecular weight is 1050 g/mol. The zero-order chi connectivity index (χ0) is 55.9. The molecular formula is C75H92N4. The van der Waals surface area contributed by atoms with Crippen LogP contribution < -0.4 is 0 Å². The van der Waals surface area contributed by atoms with E-state index in [1.807, 2.05) is 42.5 Å². The number of benzene rings is 7. The molecule has 0 aliphatic heterocycles. The quantitative estimate of drug-likeness (QED) is 0.133. The van der Waals surface area contributed by atoms with Crippen LogP contribution in [0.2, 0.25) is 0 Å². The summed E-state index contributed by atoms with van der Waals surface area (Å²) in [4.78, 5) is 13.3. The molecule has 0 saturated heterocycles. The zero-order valence-electron chi connectivity index (χ0n) is 49.6. The molecule has 0 atom stereocenters. The van der Waals surface area contributed by atoms with Crippen LogP contribution in [0.4, 0.5) is 0 Å². The number of aromatic amines is 4. The van der Waals surface area contributed by atoms with Gasteiger partial charge in [0.25, 0.3) is 0 Å². The van der Waals surface area contributed by atoms with Gasteiger partial charge in [0.05, 0.1) is 0 Å². The maximum absolute atomic E-state index is 3.38. The van der Waals surface area contributed by atoms with E-state index in [-0.39, 0.29) is 0 Å². The highest BCUT2D eigenvalue weighted by atomic mass is 14.7.